The number of rotatable bonds is 9. The summed E-state index contributed by atoms with van der Waals surface area (Å²) in [7, 11) is 1.40. The molecule has 4 amide bonds. The standard InChI is InChI=1S/C26H38N4O5.C16H21N3O3.CH4/c1-4-13-34-23(31)17-28-9-11-29(12-10-28)21-5-7-30(8-6-21)25(32)19(3)15-20-14-18(2)24-22(16-20)35-26(33)27-24;1-22-16(21)18-9-7-13(8-10-18)19-11-6-12-4-2-3-5-14(12)17-15(19)20;/h14,16,19,21H,4-13,15,17H2,1-3H3,(H,27,33);2-5,13H,6-11H2,1H3,(H,17,20);1H4/t19-;;/m1../s1. The van der Waals surface area contributed by atoms with E-state index in [1.165, 1.54) is 12.7 Å². The van der Waals surface area contributed by atoms with Crippen LogP contribution in [0.3, 0.4) is 0 Å². The fourth-order valence-electron chi connectivity index (χ4n) is 8.57. The van der Waals surface area contributed by atoms with E-state index in [4.69, 9.17) is 13.9 Å². The Labute approximate surface area is 342 Å². The van der Waals surface area contributed by atoms with Crippen molar-refractivity contribution in [1.82, 2.24) is 29.5 Å². The number of benzene rings is 2. The van der Waals surface area contributed by atoms with Crippen LogP contribution in [0, 0.1) is 12.8 Å². The van der Waals surface area contributed by atoms with Crippen molar-refractivity contribution in [1.29, 1.82) is 0 Å². The van der Waals surface area contributed by atoms with Gasteiger partial charge in [0.25, 0.3) is 0 Å². The number of hydrogen-bond donors (Lipinski definition) is 2. The minimum atomic E-state index is -0.455. The fourth-order valence-corrected chi connectivity index (χ4v) is 8.57. The second-order valence-corrected chi connectivity index (χ2v) is 15.7. The van der Waals surface area contributed by atoms with Gasteiger partial charge in [0, 0.05) is 82.6 Å². The number of ether oxygens (including phenoxy) is 2. The number of anilines is 1. The number of carbonyl (C=O) groups is 4. The Balaban J connectivity index is 0.000000240. The summed E-state index contributed by atoms with van der Waals surface area (Å²) in [6, 6.07) is 12.4. The van der Waals surface area contributed by atoms with Crippen molar-refractivity contribution < 1.29 is 33.1 Å². The molecule has 3 fully saturated rings. The summed E-state index contributed by atoms with van der Waals surface area (Å²) in [6.45, 7) is 14.0. The van der Waals surface area contributed by atoms with Crippen LogP contribution >= 0.6 is 0 Å². The highest BCUT2D eigenvalue weighted by atomic mass is 16.5. The lowest BCUT2D eigenvalue weighted by Crippen LogP contribution is -2.54. The minimum absolute atomic E-state index is 0. The second-order valence-electron chi connectivity index (χ2n) is 15.7. The zero-order valence-electron chi connectivity index (χ0n) is 33.9. The van der Waals surface area contributed by atoms with Crippen molar-refractivity contribution in [2.45, 2.75) is 85.2 Å². The number of hydrogen-bond acceptors (Lipinski definition) is 10. The number of H-pyrrole nitrogens is 1. The van der Waals surface area contributed by atoms with Gasteiger partial charge in [-0.1, -0.05) is 45.5 Å². The van der Waals surface area contributed by atoms with E-state index < -0.39 is 5.76 Å². The number of amides is 4. The molecule has 0 aliphatic carbocycles. The highest BCUT2D eigenvalue weighted by Gasteiger charge is 2.33. The van der Waals surface area contributed by atoms with Gasteiger partial charge in [-0.05, 0) is 80.7 Å². The van der Waals surface area contributed by atoms with E-state index in [1.807, 2.05) is 60.9 Å². The number of aryl methyl sites for hydroxylation is 1. The summed E-state index contributed by atoms with van der Waals surface area (Å²) in [5.74, 6) is -0.533. The Morgan fingerprint density at radius 1 is 0.897 bits per heavy atom. The molecule has 58 heavy (non-hydrogen) atoms. The van der Waals surface area contributed by atoms with E-state index in [0.717, 1.165) is 100 Å². The average molecular weight is 806 g/mol. The van der Waals surface area contributed by atoms with Crippen LogP contribution in [-0.2, 0) is 31.9 Å². The van der Waals surface area contributed by atoms with E-state index in [2.05, 4.69) is 26.2 Å². The van der Waals surface area contributed by atoms with Crippen LogP contribution < -0.4 is 11.1 Å². The van der Waals surface area contributed by atoms with Crippen molar-refractivity contribution in [2.24, 2.45) is 5.92 Å². The van der Waals surface area contributed by atoms with E-state index in [1.54, 1.807) is 4.90 Å². The number of aromatic nitrogens is 1. The van der Waals surface area contributed by atoms with E-state index in [9.17, 15) is 24.0 Å². The van der Waals surface area contributed by atoms with Crippen molar-refractivity contribution in [3.8, 4) is 0 Å². The van der Waals surface area contributed by atoms with E-state index >= 15 is 0 Å². The Kier molecular flexibility index (Phi) is 15.8. The summed E-state index contributed by atoms with van der Waals surface area (Å²) in [6.07, 6.45) is 5.58. The van der Waals surface area contributed by atoms with Crippen LogP contribution in [0.1, 0.15) is 70.1 Å². The van der Waals surface area contributed by atoms with Crippen LogP contribution in [0.15, 0.2) is 45.6 Å². The molecule has 0 unspecified atom stereocenters. The molecule has 2 N–H and O–H groups in total. The second kappa shape index (κ2) is 20.7. The van der Waals surface area contributed by atoms with Gasteiger partial charge in [0.05, 0.1) is 25.8 Å². The quantitative estimate of drug-likeness (QED) is 0.278. The number of piperazine rings is 1. The maximum absolute atomic E-state index is 13.1. The molecule has 1 aromatic heterocycles. The first-order valence-electron chi connectivity index (χ1n) is 20.5. The number of nitrogens with zero attached hydrogens (tertiary/aromatic N) is 5. The van der Waals surface area contributed by atoms with E-state index in [0.29, 0.717) is 50.8 Å². The van der Waals surface area contributed by atoms with Crippen LogP contribution in [0.25, 0.3) is 11.1 Å². The predicted octanol–water partition coefficient (Wildman–Crippen LogP) is 5.11. The molecule has 0 saturated carbocycles. The van der Waals surface area contributed by atoms with Gasteiger partial charge in [-0.15, -0.1) is 0 Å². The summed E-state index contributed by atoms with van der Waals surface area (Å²) in [4.78, 5) is 73.5. The normalized spacial score (nSPS) is 18.9. The third-order valence-corrected chi connectivity index (χ3v) is 11.8. The molecule has 2 aromatic carbocycles. The summed E-state index contributed by atoms with van der Waals surface area (Å²) in [5, 5.41) is 3.00. The smallest absolute Gasteiger partial charge is 0.417 e. The molecule has 0 spiro atoms. The van der Waals surface area contributed by atoms with Gasteiger partial charge >= 0.3 is 23.8 Å². The number of piperidine rings is 2. The number of nitrogens with one attached hydrogen (secondary N) is 2. The maximum atomic E-state index is 13.1. The number of para-hydroxylation sites is 1. The molecule has 5 heterocycles. The molecule has 4 aliphatic heterocycles. The zero-order valence-corrected chi connectivity index (χ0v) is 33.9. The lowest BCUT2D eigenvalue weighted by atomic mass is 9.96. The van der Waals surface area contributed by atoms with Gasteiger partial charge < -0.3 is 33.9 Å². The highest BCUT2D eigenvalue weighted by molar-refractivity contribution is 5.91. The Morgan fingerprint density at radius 2 is 1.57 bits per heavy atom. The van der Waals surface area contributed by atoms with Gasteiger partial charge in [-0.3, -0.25) is 24.4 Å². The van der Waals surface area contributed by atoms with Gasteiger partial charge in [0.15, 0.2) is 5.58 Å². The maximum Gasteiger partial charge on any atom is 0.417 e. The number of urea groups is 1. The van der Waals surface area contributed by atoms with Gasteiger partial charge in [0.2, 0.25) is 5.91 Å². The number of carbonyl (C=O) groups excluding carboxylic acids is 4. The monoisotopic (exact) mass is 805 g/mol. The fraction of sp³-hybridized carbons (Fsp3) is 0.605. The zero-order chi connectivity index (χ0) is 40.5. The predicted molar refractivity (Wildman–Crippen MR) is 223 cm³/mol. The number of oxazole rings is 1. The van der Waals surface area contributed by atoms with Crippen molar-refractivity contribution in [3.63, 3.8) is 0 Å². The molecule has 15 heteroatoms. The first-order valence-corrected chi connectivity index (χ1v) is 20.5. The van der Waals surface area contributed by atoms with Crippen LogP contribution in [0.5, 0.6) is 0 Å². The molecule has 318 valence electrons. The lowest BCUT2D eigenvalue weighted by molar-refractivity contribution is -0.145. The largest absolute Gasteiger partial charge is 0.465 e. The molecule has 15 nitrogen and oxygen atoms in total. The lowest BCUT2D eigenvalue weighted by Gasteiger charge is -2.43. The van der Waals surface area contributed by atoms with Crippen molar-refractivity contribution >= 4 is 40.8 Å². The molecule has 7 rings (SSSR count). The summed E-state index contributed by atoms with van der Waals surface area (Å²) in [5.41, 5.74) is 5.29. The first-order chi connectivity index (χ1) is 27.5. The topological polar surface area (TPSA) is 161 Å². The number of fused-ring (bicyclic) bond motifs is 2. The van der Waals surface area contributed by atoms with E-state index in [-0.39, 0.29) is 43.4 Å². The highest BCUT2D eigenvalue weighted by Crippen LogP contribution is 2.26. The Hall–Kier alpha value is -4.89. The molecule has 3 aromatic rings. The first kappa shape index (κ1) is 44.2. The van der Waals surface area contributed by atoms with Gasteiger partial charge in [-0.2, -0.15) is 0 Å². The minimum Gasteiger partial charge on any atom is -0.465 e. The Morgan fingerprint density at radius 3 is 2.26 bits per heavy atom. The van der Waals surface area contributed by atoms with Crippen molar-refractivity contribution in [3.05, 3.63) is 63.6 Å². The van der Waals surface area contributed by atoms with Crippen LogP contribution in [0.2, 0.25) is 0 Å². The number of aromatic amines is 1. The molecule has 4 aliphatic rings. The van der Waals surface area contributed by atoms with Crippen molar-refractivity contribution in [2.75, 3.05) is 84.5 Å². The summed E-state index contributed by atoms with van der Waals surface area (Å²) >= 11 is 0. The molecule has 1 atom stereocenters. The third-order valence-electron chi connectivity index (χ3n) is 11.8. The third kappa shape index (κ3) is 11.2. The number of esters is 1. The number of likely N-dealkylation sites (tertiary alicyclic amines) is 2. The van der Waals surface area contributed by atoms with Gasteiger partial charge in [0.1, 0.15) is 0 Å². The van der Waals surface area contributed by atoms with Gasteiger partial charge in [-0.25, -0.2) is 14.4 Å². The molecule has 0 radical (unpaired) electrons. The number of methoxy groups -OCH3 is 1. The SMILES string of the molecule is C.CCCOC(=O)CN1CCN(C2CCN(C(=O)[C@H](C)Cc3cc(C)c4[nH]c(=O)oc4c3)CC2)CC1.COC(=O)N1CCC(N2CCc3ccccc3NC2=O)CC1. The molecular formula is C43H63N7O8. The molecule has 0 bridgehead atoms. The average Bonchev–Trinajstić information content (AvgIpc) is 3.52. The summed E-state index contributed by atoms with van der Waals surface area (Å²) < 4.78 is 15.2. The van der Waals surface area contributed by atoms with Crippen LogP contribution in [-0.4, -0.2) is 145 Å². The van der Waals surface area contributed by atoms with Crippen LogP contribution in [0.4, 0.5) is 15.3 Å². The molecular weight excluding hydrogens is 743 g/mol. The Bertz CT molecular complexity index is 1910. The molecule has 3 saturated heterocycles.